The van der Waals surface area contributed by atoms with Crippen LogP contribution in [0.2, 0.25) is 0 Å². The fraction of sp³-hybridized carbons (Fsp3) is 0.286. The van der Waals surface area contributed by atoms with E-state index in [1.807, 2.05) is 18.2 Å². The molecule has 1 unspecified atom stereocenters. The van der Waals surface area contributed by atoms with Crippen LogP contribution in [0.1, 0.15) is 35.1 Å². The number of hydrogen-bond acceptors (Lipinski definition) is 8. The number of amides is 1. The minimum absolute atomic E-state index is 0.136. The molecule has 210 valence electrons. The zero-order valence-electron chi connectivity index (χ0n) is 21.9. The number of sulfonamides is 1. The van der Waals surface area contributed by atoms with Gasteiger partial charge in [-0.3, -0.25) is 4.79 Å². The number of anilines is 1. The maximum absolute atomic E-state index is 13.1. The summed E-state index contributed by atoms with van der Waals surface area (Å²) in [6.45, 7) is 1.94. The van der Waals surface area contributed by atoms with Crippen molar-refractivity contribution in [3.63, 3.8) is 0 Å². The number of hydrogen-bond donors (Lipinski definition) is 2. The number of carbonyl (C=O) groups excluding carboxylic acids is 1. The average molecular weight is 599 g/mol. The quantitative estimate of drug-likeness (QED) is 0.312. The number of nitrogens with one attached hydrogen (secondary N) is 1. The van der Waals surface area contributed by atoms with Gasteiger partial charge >= 0.3 is 0 Å². The Hall–Kier alpha value is -3.32. The van der Waals surface area contributed by atoms with E-state index < -0.39 is 31.0 Å². The first-order chi connectivity index (χ1) is 19.0. The summed E-state index contributed by atoms with van der Waals surface area (Å²) in [5.74, 6) is -0.792. The first-order valence-corrected chi connectivity index (χ1v) is 17.2. The van der Waals surface area contributed by atoms with Gasteiger partial charge in [0.15, 0.2) is 15.1 Å². The molecule has 4 aromatic rings. The lowest BCUT2D eigenvalue weighted by Gasteiger charge is -2.28. The summed E-state index contributed by atoms with van der Waals surface area (Å²) in [6.07, 6.45) is 4.68. The number of sulfone groups is 1. The van der Waals surface area contributed by atoms with Gasteiger partial charge in [0.1, 0.15) is 5.01 Å². The molecule has 1 aromatic heterocycles. The molecule has 1 saturated heterocycles. The van der Waals surface area contributed by atoms with E-state index in [9.17, 15) is 21.6 Å². The maximum Gasteiger partial charge on any atom is 0.245 e. The van der Waals surface area contributed by atoms with Crippen LogP contribution in [0, 0.1) is 0 Å². The van der Waals surface area contributed by atoms with Gasteiger partial charge in [-0.15, -0.1) is 11.3 Å². The summed E-state index contributed by atoms with van der Waals surface area (Å²) >= 11 is 1.15. The number of fused-ring (bicyclic) bond motifs is 1. The highest BCUT2D eigenvalue weighted by atomic mass is 32.2. The van der Waals surface area contributed by atoms with Gasteiger partial charge in [0, 0.05) is 31.6 Å². The minimum atomic E-state index is -4.02. The van der Waals surface area contributed by atoms with Gasteiger partial charge in [0.2, 0.25) is 15.9 Å². The molecular weight excluding hydrogens is 569 g/mol. The number of nitrogens with two attached hydrogens (primary N) is 1. The van der Waals surface area contributed by atoms with E-state index in [-0.39, 0.29) is 22.0 Å². The molecule has 5 rings (SSSR count). The van der Waals surface area contributed by atoms with Crippen molar-refractivity contribution in [2.75, 3.05) is 24.2 Å². The second kappa shape index (κ2) is 11.3. The van der Waals surface area contributed by atoms with Crippen molar-refractivity contribution in [2.24, 2.45) is 5.14 Å². The Morgan fingerprint density at radius 1 is 0.975 bits per heavy atom. The highest BCUT2D eigenvalue weighted by Crippen LogP contribution is 2.34. The highest BCUT2D eigenvalue weighted by molar-refractivity contribution is 7.91. The summed E-state index contributed by atoms with van der Waals surface area (Å²) in [4.78, 5) is 19.9. The van der Waals surface area contributed by atoms with Crippen molar-refractivity contribution < 1.29 is 21.6 Å². The second-order valence-corrected chi connectivity index (χ2v) is 14.6. The molecule has 40 heavy (non-hydrogen) atoms. The molecule has 0 radical (unpaired) electrons. The van der Waals surface area contributed by atoms with Crippen molar-refractivity contribution >= 4 is 53.0 Å². The SMILES string of the molecule is CS(=O)(=O)C(C(=O)NCc1ccccc1S(N)(=O)=O)c1nc2ccc(-c3ccc(N4CCCCC4)cc3)cc2s1. The van der Waals surface area contributed by atoms with E-state index in [0.29, 0.717) is 5.52 Å². The highest BCUT2D eigenvalue weighted by Gasteiger charge is 2.34. The summed E-state index contributed by atoms with van der Waals surface area (Å²) in [7, 11) is -7.91. The Morgan fingerprint density at radius 3 is 2.33 bits per heavy atom. The number of benzene rings is 3. The summed E-state index contributed by atoms with van der Waals surface area (Å²) in [5, 5.41) is 6.43. The van der Waals surface area contributed by atoms with E-state index in [1.54, 1.807) is 6.07 Å². The van der Waals surface area contributed by atoms with Crippen molar-refractivity contribution in [3.8, 4) is 11.1 Å². The number of thiazole rings is 1. The molecule has 9 nitrogen and oxygen atoms in total. The first-order valence-electron chi connectivity index (χ1n) is 12.8. The predicted octanol–water partition coefficient (Wildman–Crippen LogP) is 4.00. The van der Waals surface area contributed by atoms with Gasteiger partial charge < -0.3 is 10.2 Å². The molecule has 1 aliphatic heterocycles. The molecule has 1 atom stereocenters. The van der Waals surface area contributed by atoms with Crippen LogP contribution in [0.15, 0.2) is 71.6 Å². The van der Waals surface area contributed by atoms with Gasteiger partial charge in [-0.2, -0.15) is 0 Å². The fourth-order valence-electron chi connectivity index (χ4n) is 4.94. The van der Waals surface area contributed by atoms with E-state index in [2.05, 4.69) is 39.5 Å². The van der Waals surface area contributed by atoms with Crippen LogP contribution in [-0.2, 0) is 31.2 Å². The molecule has 1 fully saturated rings. The zero-order valence-corrected chi connectivity index (χ0v) is 24.4. The Balaban J connectivity index is 1.38. The van der Waals surface area contributed by atoms with Crippen molar-refractivity contribution in [1.82, 2.24) is 10.3 Å². The largest absolute Gasteiger partial charge is 0.372 e. The number of aromatic nitrogens is 1. The van der Waals surface area contributed by atoms with Gasteiger partial charge in [0.25, 0.3) is 0 Å². The van der Waals surface area contributed by atoms with Crippen LogP contribution in [0.4, 0.5) is 5.69 Å². The van der Waals surface area contributed by atoms with Crippen molar-refractivity contribution in [2.45, 2.75) is 36.0 Å². The first kappa shape index (κ1) is 28.2. The number of carbonyl (C=O) groups is 1. The Bertz CT molecular complexity index is 1760. The van der Waals surface area contributed by atoms with Crippen molar-refractivity contribution in [3.05, 3.63) is 77.3 Å². The molecule has 0 saturated carbocycles. The molecule has 1 amide bonds. The smallest absolute Gasteiger partial charge is 0.245 e. The van der Waals surface area contributed by atoms with Crippen LogP contribution in [0.5, 0.6) is 0 Å². The van der Waals surface area contributed by atoms with Crippen LogP contribution in [0.25, 0.3) is 21.3 Å². The fourth-order valence-corrected chi connectivity index (χ4v) is 8.26. The maximum atomic E-state index is 13.1. The van der Waals surface area contributed by atoms with Gasteiger partial charge in [0.05, 0.1) is 15.1 Å². The van der Waals surface area contributed by atoms with Crippen molar-refractivity contribution in [1.29, 1.82) is 0 Å². The molecule has 12 heteroatoms. The summed E-state index contributed by atoms with van der Waals surface area (Å²) in [6, 6.07) is 20.1. The number of piperidine rings is 1. The van der Waals surface area contributed by atoms with E-state index in [0.717, 1.165) is 46.5 Å². The second-order valence-electron chi connectivity index (χ2n) is 9.91. The Labute approximate surface area is 238 Å². The molecule has 0 spiro atoms. The lowest BCUT2D eigenvalue weighted by atomic mass is 10.0. The van der Waals surface area contributed by atoms with Crippen LogP contribution < -0.4 is 15.4 Å². The number of primary sulfonamides is 1. The van der Waals surface area contributed by atoms with Crippen LogP contribution in [-0.4, -0.2) is 47.1 Å². The molecule has 2 heterocycles. The van der Waals surface area contributed by atoms with E-state index in [1.165, 1.54) is 43.1 Å². The molecular formula is C28H30N4O5S3. The zero-order chi connectivity index (χ0) is 28.5. The lowest BCUT2D eigenvalue weighted by Crippen LogP contribution is -2.33. The predicted molar refractivity (Wildman–Crippen MR) is 158 cm³/mol. The molecule has 0 bridgehead atoms. The Morgan fingerprint density at radius 2 is 1.65 bits per heavy atom. The third kappa shape index (κ3) is 6.20. The average Bonchev–Trinajstić information content (AvgIpc) is 3.34. The molecule has 3 N–H and O–H groups in total. The number of nitrogens with zero attached hydrogens (tertiary/aromatic N) is 2. The molecule has 0 aliphatic carbocycles. The minimum Gasteiger partial charge on any atom is -0.372 e. The van der Waals surface area contributed by atoms with Crippen LogP contribution in [0.3, 0.4) is 0 Å². The van der Waals surface area contributed by atoms with Gasteiger partial charge in [-0.1, -0.05) is 36.4 Å². The summed E-state index contributed by atoms with van der Waals surface area (Å²) in [5.41, 5.74) is 4.05. The van der Waals surface area contributed by atoms with Crippen LogP contribution >= 0.6 is 11.3 Å². The molecule has 3 aromatic carbocycles. The molecule has 1 aliphatic rings. The van der Waals surface area contributed by atoms with Gasteiger partial charge in [-0.05, 0) is 66.3 Å². The number of rotatable bonds is 8. The monoisotopic (exact) mass is 598 g/mol. The standard InChI is InChI=1S/C28H30N4O5S3/c1-39(34,35)26(27(33)30-18-21-7-3-4-8-25(21)40(29,36)37)28-31-23-14-11-20(17-24(23)38-28)19-9-12-22(13-10-19)32-15-5-2-6-16-32/h3-4,7-14,17,26H,2,5-6,15-16,18H2,1H3,(H,30,33)(H2,29,36,37). The third-order valence-corrected chi connectivity index (χ3v) is 10.5. The van der Waals surface area contributed by atoms with E-state index >= 15 is 0 Å². The van der Waals surface area contributed by atoms with E-state index in [4.69, 9.17) is 5.14 Å². The topological polar surface area (TPSA) is 140 Å². The normalized spacial score (nSPS) is 15.2. The Kier molecular flexibility index (Phi) is 7.96. The third-order valence-electron chi connectivity index (χ3n) is 6.95. The van der Waals surface area contributed by atoms with Gasteiger partial charge in [-0.25, -0.2) is 27.0 Å². The lowest BCUT2D eigenvalue weighted by molar-refractivity contribution is -0.120. The summed E-state index contributed by atoms with van der Waals surface area (Å²) < 4.78 is 50.0.